The smallest absolute Gasteiger partial charge is 0.257 e. The van der Waals surface area contributed by atoms with Crippen LogP contribution in [0.5, 0.6) is 5.75 Å². The van der Waals surface area contributed by atoms with E-state index in [1.165, 1.54) is 18.2 Å². The maximum Gasteiger partial charge on any atom is 0.257 e. The summed E-state index contributed by atoms with van der Waals surface area (Å²) in [5, 5.41) is 12.5. The second-order valence-electron chi connectivity index (χ2n) is 4.18. The third-order valence-electron chi connectivity index (χ3n) is 2.70. The van der Waals surface area contributed by atoms with E-state index in [1.54, 1.807) is 18.2 Å². The minimum atomic E-state index is -0.485. The highest BCUT2D eigenvalue weighted by atomic mass is 35.5. The molecule has 1 amide bonds. The van der Waals surface area contributed by atoms with E-state index in [2.05, 4.69) is 5.32 Å². The normalized spacial score (nSPS) is 10.2. The van der Waals surface area contributed by atoms with Crippen molar-refractivity contribution >= 4 is 52.0 Å². The van der Waals surface area contributed by atoms with Gasteiger partial charge in [-0.25, -0.2) is 0 Å². The lowest BCUT2D eigenvalue weighted by molar-refractivity contribution is 0.102. The van der Waals surface area contributed by atoms with Gasteiger partial charge in [-0.15, -0.1) is 0 Å². The lowest BCUT2D eigenvalue weighted by Gasteiger charge is -2.10. The van der Waals surface area contributed by atoms with Gasteiger partial charge in [-0.2, -0.15) is 0 Å². The van der Waals surface area contributed by atoms with Crippen molar-refractivity contribution in [3.05, 3.63) is 57.6 Å². The van der Waals surface area contributed by atoms with E-state index >= 15 is 0 Å². The Labute approximate surface area is 136 Å². The van der Waals surface area contributed by atoms with Gasteiger partial charge in [0, 0.05) is 5.56 Å². The molecule has 108 valence electrons. The lowest BCUT2D eigenvalue weighted by atomic mass is 10.1. The van der Waals surface area contributed by atoms with Gasteiger partial charge in [0.15, 0.2) is 0 Å². The number of carbonyl (C=O) groups is 1. The first-order valence-corrected chi connectivity index (χ1v) is 6.94. The molecule has 0 aromatic heterocycles. The zero-order chi connectivity index (χ0) is 15.6. The van der Waals surface area contributed by atoms with Crippen molar-refractivity contribution < 1.29 is 9.90 Å². The first kappa shape index (κ1) is 15.6. The van der Waals surface area contributed by atoms with Crippen molar-refractivity contribution in [3.63, 3.8) is 0 Å². The Morgan fingerprint density at radius 3 is 2.48 bits per heavy atom. The topological polar surface area (TPSA) is 75.3 Å². The number of anilines is 1. The summed E-state index contributed by atoms with van der Waals surface area (Å²) < 4.78 is 0. The molecule has 0 atom stereocenters. The van der Waals surface area contributed by atoms with E-state index in [0.29, 0.717) is 16.3 Å². The molecule has 0 unspecified atom stereocenters. The van der Waals surface area contributed by atoms with Gasteiger partial charge in [0.05, 0.1) is 21.3 Å². The van der Waals surface area contributed by atoms with Crippen molar-refractivity contribution in [1.29, 1.82) is 0 Å². The molecule has 2 rings (SSSR count). The average Bonchev–Trinajstić information content (AvgIpc) is 2.43. The lowest BCUT2D eigenvalue weighted by Crippen LogP contribution is -2.14. The Morgan fingerprint density at radius 2 is 1.86 bits per heavy atom. The largest absolute Gasteiger partial charge is 0.508 e. The summed E-state index contributed by atoms with van der Waals surface area (Å²) in [6, 6.07) is 8.89. The minimum Gasteiger partial charge on any atom is -0.508 e. The molecule has 4 nitrogen and oxygen atoms in total. The fourth-order valence-corrected chi connectivity index (χ4v) is 2.20. The number of carbonyl (C=O) groups excluding carboxylic acids is 1. The number of halogens is 2. The predicted octanol–water partition coefficient (Wildman–Crippen LogP) is 3.59. The monoisotopic (exact) mass is 340 g/mol. The molecule has 0 radical (unpaired) electrons. The standard InChI is InChI=1S/C14H10Cl2N2O2S/c15-10-3-2-8(19)6-9(10)14(20)18-12-4-1-7(13(17)21)5-11(12)16/h1-6,19H,(H2,17,21)(H,18,20). The van der Waals surface area contributed by atoms with Crippen molar-refractivity contribution in [2.75, 3.05) is 5.32 Å². The van der Waals surface area contributed by atoms with Crippen molar-refractivity contribution in [2.24, 2.45) is 5.73 Å². The SMILES string of the molecule is NC(=S)c1ccc(NC(=O)c2cc(O)ccc2Cl)c(Cl)c1. The average molecular weight is 341 g/mol. The summed E-state index contributed by atoms with van der Waals surface area (Å²) >= 11 is 16.8. The minimum absolute atomic E-state index is 0.0560. The Bertz CT molecular complexity index is 735. The van der Waals surface area contributed by atoms with Crippen LogP contribution in [-0.2, 0) is 0 Å². The Balaban J connectivity index is 2.27. The van der Waals surface area contributed by atoms with Gasteiger partial charge in [-0.3, -0.25) is 4.79 Å². The van der Waals surface area contributed by atoms with Crippen LogP contribution in [0.25, 0.3) is 0 Å². The van der Waals surface area contributed by atoms with Gasteiger partial charge >= 0.3 is 0 Å². The Morgan fingerprint density at radius 1 is 1.14 bits per heavy atom. The molecule has 0 heterocycles. The van der Waals surface area contributed by atoms with Gasteiger partial charge in [0.1, 0.15) is 10.7 Å². The Hall–Kier alpha value is -1.82. The van der Waals surface area contributed by atoms with Crippen LogP contribution in [0.4, 0.5) is 5.69 Å². The summed E-state index contributed by atoms with van der Waals surface area (Å²) in [4.78, 5) is 12.4. The molecule has 0 aliphatic carbocycles. The van der Waals surface area contributed by atoms with E-state index in [0.717, 1.165) is 0 Å². The second kappa shape index (κ2) is 6.30. The van der Waals surface area contributed by atoms with Crippen LogP contribution in [0, 0.1) is 0 Å². The highest BCUT2D eigenvalue weighted by molar-refractivity contribution is 7.80. The van der Waals surface area contributed by atoms with Gasteiger partial charge < -0.3 is 16.2 Å². The molecule has 0 saturated heterocycles. The van der Waals surface area contributed by atoms with E-state index in [-0.39, 0.29) is 21.3 Å². The summed E-state index contributed by atoms with van der Waals surface area (Å²) in [6.07, 6.45) is 0. The molecule has 2 aromatic rings. The number of hydrogen-bond donors (Lipinski definition) is 3. The maximum absolute atomic E-state index is 12.1. The van der Waals surface area contributed by atoms with E-state index in [4.69, 9.17) is 41.2 Å². The molecule has 0 aliphatic rings. The zero-order valence-electron chi connectivity index (χ0n) is 10.6. The summed E-state index contributed by atoms with van der Waals surface area (Å²) in [5.74, 6) is -0.541. The number of benzene rings is 2. The molecule has 7 heteroatoms. The van der Waals surface area contributed by atoms with Gasteiger partial charge in [-0.1, -0.05) is 35.4 Å². The number of hydrogen-bond acceptors (Lipinski definition) is 3. The van der Waals surface area contributed by atoms with Crippen molar-refractivity contribution in [3.8, 4) is 5.75 Å². The number of aromatic hydroxyl groups is 1. The van der Waals surface area contributed by atoms with E-state index in [9.17, 15) is 9.90 Å². The highest BCUT2D eigenvalue weighted by Gasteiger charge is 2.13. The number of thiocarbonyl (C=S) groups is 1. The first-order valence-electron chi connectivity index (χ1n) is 5.77. The number of amides is 1. The van der Waals surface area contributed by atoms with Gasteiger partial charge in [0.2, 0.25) is 0 Å². The van der Waals surface area contributed by atoms with Gasteiger partial charge in [-0.05, 0) is 36.4 Å². The fraction of sp³-hybridized carbons (Fsp3) is 0. The molecule has 0 aliphatic heterocycles. The fourth-order valence-electron chi connectivity index (χ4n) is 1.65. The second-order valence-corrected chi connectivity index (χ2v) is 5.43. The third kappa shape index (κ3) is 3.64. The van der Waals surface area contributed by atoms with Gasteiger partial charge in [0.25, 0.3) is 5.91 Å². The van der Waals surface area contributed by atoms with Crippen LogP contribution in [0.2, 0.25) is 10.0 Å². The van der Waals surface area contributed by atoms with Crippen LogP contribution in [0.1, 0.15) is 15.9 Å². The first-order chi connectivity index (χ1) is 9.88. The Kier molecular flexibility index (Phi) is 4.67. The third-order valence-corrected chi connectivity index (χ3v) is 3.57. The zero-order valence-corrected chi connectivity index (χ0v) is 12.9. The quantitative estimate of drug-likeness (QED) is 0.746. The van der Waals surface area contributed by atoms with Crippen LogP contribution in [0.3, 0.4) is 0 Å². The van der Waals surface area contributed by atoms with E-state index < -0.39 is 5.91 Å². The number of nitrogens with two attached hydrogens (primary N) is 1. The molecular weight excluding hydrogens is 331 g/mol. The number of phenols is 1. The summed E-state index contributed by atoms with van der Waals surface area (Å²) in [5.41, 5.74) is 6.64. The molecular formula is C14H10Cl2N2O2S. The molecule has 2 aromatic carbocycles. The number of nitrogens with one attached hydrogen (secondary N) is 1. The summed E-state index contributed by atoms with van der Waals surface area (Å²) in [6.45, 7) is 0. The highest BCUT2D eigenvalue weighted by Crippen LogP contribution is 2.26. The van der Waals surface area contributed by atoms with Crippen molar-refractivity contribution in [2.45, 2.75) is 0 Å². The molecule has 4 N–H and O–H groups in total. The molecule has 21 heavy (non-hydrogen) atoms. The van der Waals surface area contributed by atoms with Crippen molar-refractivity contribution in [1.82, 2.24) is 0 Å². The molecule has 0 bridgehead atoms. The molecule has 0 fully saturated rings. The van der Waals surface area contributed by atoms with Crippen LogP contribution in [-0.4, -0.2) is 16.0 Å². The van der Waals surface area contributed by atoms with Crippen LogP contribution in [0.15, 0.2) is 36.4 Å². The number of phenolic OH excluding ortho intramolecular Hbond substituents is 1. The molecule has 0 spiro atoms. The van der Waals surface area contributed by atoms with E-state index in [1.807, 2.05) is 0 Å². The number of rotatable bonds is 3. The van der Waals surface area contributed by atoms with Crippen LogP contribution >= 0.6 is 35.4 Å². The predicted molar refractivity (Wildman–Crippen MR) is 88.4 cm³/mol. The molecule has 0 saturated carbocycles. The van der Waals surface area contributed by atoms with Crippen LogP contribution < -0.4 is 11.1 Å². The summed E-state index contributed by atoms with van der Waals surface area (Å²) in [7, 11) is 0. The maximum atomic E-state index is 12.1.